The first-order valence-electron chi connectivity index (χ1n) is 7.66. The molecular weight excluding hydrogens is 333 g/mol. The van der Waals surface area contributed by atoms with Crippen molar-refractivity contribution in [2.45, 2.75) is 24.3 Å². The number of rotatable bonds is 4. The second-order valence-electron chi connectivity index (χ2n) is 5.49. The maximum atomic E-state index is 13.4. The molecule has 1 aliphatic heterocycles. The second kappa shape index (κ2) is 6.41. The molecule has 2 aromatic rings. The summed E-state index contributed by atoms with van der Waals surface area (Å²) in [5, 5.41) is 10.0. The molecule has 1 heterocycles. The van der Waals surface area contributed by atoms with Gasteiger partial charge in [-0.3, -0.25) is 4.31 Å². The molecule has 0 saturated heterocycles. The predicted molar refractivity (Wildman–Crippen MR) is 88.1 cm³/mol. The highest BCUT2D eigenvalue weighted by atomic mass is 32.2. The van der Waals surface area contributed by atoms with Crippen molar-refractivity contribution in [3.8, 4) is 5.75 Å². The summed E-state index contributed by atoms with van der Waals surface area (Å²) in [4.78, 5) is 0.123. The first kappa shape index (κ1) is 16.7. The Balaban J connectivity index is 2.00. The summed E-state index contributed by atoms with van der Waals surface area (Å²) in [5.41, 5.74) is 0.597. The Bertz CT molecular complexity index is 836. The van der Waals surface area contributed by atoms with Crippen LogP contribution in [0.3, 0.4) is 0 Å². The van der Waals surface area contributed by atoms with Crippen LogP contribution < -0.4 is 9.04 Å². The van der Waals surface area contributed by atoms with E-state index in [2.05, 4.69) is 0 Å². The first-order chi connectivity index (χ1) is 11.4. The molecule has 1 unspecified atom stereocenters. The van der Waals surface area contributed by atoms with Crippen molar-refractivity contribution in [3.05, 3.63) is 53.8 Å². The molecule has 7 heteroatoms. The summed E-state index contributed by atoms with van der Waals surface area (Å²) in [6.07, 6.45) is -0.658. The van der Waals surface area contributed by atoms with Crippen LogP contribution in [-0.4, -0.2) is 26.7 Å². The molecule has 2 aromatic carbocycles. The predicted octanol–water partition coefficient (Wildman–Crippen LogP) is 2.86. The topological polar surface area (TPSA) is 66.8 Å². The summed E-state index contributed by atoms with van der Waals surface area (Å²) in [5.74, 6) is 0.0844. The van der Waals surface area contributed by atoms with E-state index in [9.17, 15) is 17.9 Å². The Morgan fingerprint density at radius 2 is 1.96 bits per heavy atom. The van der Waals surface area contributed by atoms with Crippen LogP contribution in [-0.2, 0) is 10.0 Å². The van der Waals surface area contributed by atoms with E-state index in [1.807, 2.05) is 6.92 Å². The van der Waals surface area contributed by atoms with Crippen LogP contribution in [0, 0.1) is 5.82 Å². The van der Waals surface area contributed by atoms with E-state index in [1.54, 1.807) is 12.1 Å². The first-order valence-corrected chi connectivity index (χ1v) is 9.10. The number of halogens is 1. The minimum Gasteiger partial charge on any atom is -0.494 e. The van der Waals surface area contributed by atoms with Crippen molar-refractivity contribution in [2.24, 2.45) is 0 Å². The third-order valence-corrected chi connectivity index (χ3v) is 5.77. The minimum absolute atomic E-state index is 0.123. The summed E-state index contributed by atoms with van der Waals surface area (Å²) < 4.78 is 45.8. The Morgan fingerprint density at radius 3 is 2.62 bits per heavy atom. The lowest BCUT2D eigenvalue weighted by Crippen LogP contribution is -2.36. The van der Waals surface area contributed by atoms with Gasteiger partial charge in [-0.15, -0.1) is 0 Å². The largest absolute Gasteiger partial charge is 0.494 e. The van der Waals surface area contributed by atoms with Crippen molar-refractivity contribution in [1.82, 2.24) is 0 Å². The molecule has 1 aliphatic rings. The number of aliphatic hydroxyl groups excluding tert-OH is 1. The van der Waals surface area contributed by atoms with Gasteiger partial charge in [0.15, 0.2) is 0 Å². The van der Waals surface area contributed by atoms with Gasteiger partial charge >= 0.3 is 0 Å². The number of ether oxygens (including phenoxy) is 1. The summed E-state index contributed by atoms with van der Waals surface area (Å²) in [7, 11) is -3.80. The molecule has 0 spiro atoms. The molecule has 24 heavy (non-hydrogen) atoms. The maximum absolute atomic E-state index is 13.4. The van der Waals surface area contributed by atoms with Gasteiger partial charge in [-0.05, 0) is 55.8 Å². The van der Waals surface area contributed by atoms with Crippen LogP contribution in [0.2, 0.25) is 0 Å². The number of anilines is 1. The highest BCUT2D eigenvalue weighted by molar-refractivity contribution is 7.92. The lowest BCUT2D eigenvalue weighted by atomic mass is 10.0. The lowest BCUT2D eigenvalue weighted by Gasteiger charge is -2.33. The molecular formula is C17H18FNO4S. The van der Waals surface area contributed by atoms with Gasteiger partial charge < -0.3 is 9.84 Å². The highest BCUT2D eigenvalue weighted by Gasteiger charge is 2.32. The molecule has 0 saturated carbocycles. The molecule has 0 aliphatic carbocycles. The number of fused-ring (bicyclic) bond motifs is 1. The number of hydrogen-bond donors (Lipinski definition) is 1. The van der Waals surface area contributed by atoms with E-state index >= 15 is 0 Å². The minimum atomic E-state index is -3.80. The van der Waals surface area contributed by atoms with Crippen molar-refractivity contribution in [1.29, 1.82) is 0 Å². The summed E-state index contributed by atoms with van der Waals surface area (Å²) >= 11 is 0. The zero-order valence-electron chi connectivity index (χ0n) is 13.1. The normalized spacial score (nSPS) is 17.5. The van der Waals surface area contributed by atoms with E-state index in [0.717, 1.165) is 0 Å². The van der Waals surface area contributed by atoms with Crippen molar-refractivity contribution < 1.29 is 22.7 Å². The molecule has 0 bridgehead atoms. The molecule has 1 atom stereocenters. The second-order valence-corrected chi connectivity index (χ2v) is 7.35. The summed E-state index contributed by atoms with van der Waals surface area (Å²) in [6.45, 7) is 2.48. The molecule has 0 aromatic heterocycles. The van der Waals surface area contributed by atoms with Gasteiger partial charge in [-0.2, -0.15) is 0 Å². The number of nitrogens with zero attached hydrogens (tertiary/aromatic N) is 1. The van der Waals surface area contributed by atoms with Gasteiger partial charge in [0.1, 0.15) is 11.6 Å². The Kier molecular flexibility index (Phi) is 4.47. The zero-order chi connectivity index (χ0) is 17.3. The van der Waals surface area contributed by atoms with Crippen LogP contribution >= 0.6 is 0 Å². The highest BCUT2D eigenvalue weighted by Crippen LogP contribution is 2.37. The van der Waals surface area contributed by atoms with Crippen molar-refractivity contribution in [3.63, 3.8) is 0 Å². The van der Waals surface area contributed by atoms with Crippen LogP contribution in [0.1, 0.15) is 25.0 Å². The number of aliphatic hydroxyl groups is 1. The Hall–Kier alpha value is -2.12. The van der Waals surface area contributed by atoms with E-state index in [-0.39, 0.29) is 23.4 Å². The van der Waals surface area contributed by atoms with Gasteiger partial charge in [0.25, 0.3) is 10.0 Å². The molecule has 128 valence electrons. The SMILES string of the molecule is CCOc1ccc(S(=O)(=O)N2CCC(O)c3cc(F)ccc32)cc1. The Labute approximate surface area is 140 Å². The number of hydrogen-bond acceptors (Lipinski definition) is 4. The monoisotopic (exact) mass is 351 g/mol. The fraction of sp³-hybridized carbons (Fsp3) is 0.294. The van der Waals surface area contributed by atoms with Crippen LogP contribution in [0.15, 0.2) is 47.4 Å². The fourth-order valence-corrected chi connectivity index (χ4v) is 4.29. The average molecular weight is 351 g/mol. The van der Waals surface area contributed by atoms with Crippen molar-refractivity contribution in [2.75, 3.05) is 17.5 Å². The number of benzene rings is 2. The maximum Gasteiger partial charge on any atom is 0.264 e. The molecule has 0 amide bonds. The van der Waals surface area contributed by atoms with E-state index in [0.29, 0.717) is 18.0 Å². The van der Waals surface area contributed by atoms with Gasteiger partial charge in [0.2, 0.25) is 0 Å². The van der Waals surface area contributed by atoms with E-state index in [1.165, 1.54) is 34.6 Å². The molecule has 0 radical (unpaired) electrons. The average Bonchev–Trinajstić information content (AvgIpc) is 2.56. The van der Waals surface area contributed by atoms with Gasteiger partial charge in [0, 0.05) is 12.1 Å². The van der Waals surface area contributed by atoms with Crippen LogP contribution in [0.5, 0.6) is 5.75 Å². The zero-order valence-corrected chi connectivity index (χ0v) is 14.0. The van der Waals surface area contributed by atoms with Gasteiger partial charge in [0.05, 0.1) is 23.3 Å². The smallest absolute Gasteiger partial charge is 0.264 e. The van der Waals surface area contributed by atoms with Crippen LogP contribution in [0.4, 0.5) is 10.1 Å². The molecule has 5 nitrogen and oxygen atoms in total. The van der Waals surface area contributed by atoms with E-state index in [4.69, 9.17) is 4.74 Å². The van der Waals surface area contributed by atoms with E-state index < -0.39 is 21.9 Å². The standard InChI is InChI=1S/C17H18FNO4S/c1-2-23-13-4-6-14(7-5-13)24(21,22)19-10-9-17(20)15-11-12(18)3-8-16(15)19/h3-8,11,17,20H,2,9-10H2,1H3. The Morgan fingerprint density at radius 1 is 1.25 bits per heavy atom. The third kappa shape index (κ3) is 2.97. The van der Waals surface area contributed by atoms with Gasteiger partial charge in [-0.25, -0.2) is 12.8 Å². The van der Waals surface area contributed by atoms with Gasteiger partial charge in [-0.1, -0.05) is 0 Å². The molecule has 1 N–H and O–H groups in total. The van der Waals surface area contributed by atoms with Crippen LogP contribution in [0.25, 0.3) is 0 Å². The quantitative estimate of drug-likeness (QED) is 0.920. The number of sulfonamides is 1. The molecule has 0 fully saturated rings. The van der Waals surface area contributed by atoms with Crippen molar-refractivity contribution >= 4 is 15.7 Å². The lowest BCUT2D eigenvalue weighted by molar-refractivity contribution is 0.166. The fourth-order valence-electron chi connectivity index (χ4n) is 2.79. The molecule has 3 rings (SSSR count). The summed E-state index contributed by atoms with van der Waals surface area (Å²) in [6, 6.07) is 9.92. The third-order valence-electron chi connectivity index (χ3n) is 3.95.